The van der Waals surface area contributed by atoms with Crippen LogP contribution in [0, 0.1) is 10.1 Å². The molecule has 1 aromatic heterocycles. The molecule has 0 unspecified atom stereocenters. The van der Waals surface area contributed by atoms with Gasteiger partial charge in [0.2, 0.25) is 5.82 Å². The van der Waals surface area contributed by atoms with Gasteiger partial charge in [0.15, 0.2) is 0 Å². The standard InChI is InChI=1S/C11H10N4O4/c1-14-6-9(15(18)19)10(13-14)12-8-4-2-7(3-5-8)11(16)17/h2-6H,1H3,(H,12,13)(H,16,17). The molecule has 19 heavy (non-hydrogen) atoms. The predicted molar refractivity (Wildman–Crippen MR) is 66.5 cm³/mol. The largest absolute Gasteiger partial charge is 0.478 e. The molecule has 0 aliphatic heterocycles. The Morgan fingerprint density at radius 3 is 2.58 bits per heavy atom. The summed E-state index contributed by atoms with van der Waals surface area (Å²) in [6.07, 6.45) is 1.29. The third-order valence-electron chi connectivity index (χ3n) is 2.40. The molecule has 1 aromatic carbocycles. The molecule has 8 heteroatoms. The van der Waals surface area contributed by atoms with E-state index in [0.717, 1.165) is 0 Å². The van der Waals surface area contributed by atoms with E-state index >= 15 is 0 Å². The second-order valence-corrected chi connectivity index (χ2v) is 3.80. The Bertz CT molecular complexity index is 633. The average molecular weight is 262 g/mol. The molecule has 2 N–H and O–H groups in total. The first-order valence-corrected chi connectivity index (χ1v) is 5.26. The first-order valence-electron chi connectivity index (χ1n) is 5.26. The maximum Gasteiger partial charge on any atom is 0.335 e. The van der Waals surface area contributed by atoms with Gasteiger partial charge in [-0.2, -0.15) is 0 Å². The van der Waals surface area contributed by atoms with Crippen molar-refractivity contribution in [2.75, 3.05) is 5.32 Å². The summed E-state index contributed by atoms with van der Waals surface area (Å²) in [5, 5.41) is 26.3. The van der Waals surface area contributed by atoms with Gasteiger partial charge in [-0.05, 0) is 24.3 Å². The summed E-state index contributed by atoms with van der Waals surface area (Å²) in [7, 11) is 1.58. The fourth-order valence-electron chi connectivity index (χ4n) is 1.53. The molecule has 1 heterocycles. The third kappa shape index (κ3) is 2.68. The monoisotopic (exact) mass is 262 g/mol. The summed E-state index contributed by atoms with van der Waals surface area (Å²) in [5.74, 6) is -0.925. The van der Waals surface area contributed by atoms with Gasteiger partial charge >= 0.3 is 11.7 Å². The highest BCUT2D eigenvalue weighted by Gasteiger charge is 2.18. The van der Waals surface area contributed by atoms with E-state index in [1.807, 2.05) is 0 Å². The van der Waals surface area contributed by atoms with Crippen molar-refractivity contribution in [3.63, 3.8) is 0 Å². The molecule has 0 aliphatic rings. The molecule has 0 bridgehead atoms. The highest BCUT2D eigenvalue weighted by Crippen LogP contribution is 2.25. The smallest absolute Gasteiger partial charge is 0.335 e. The molecule has 0 saturated heterocycles. The normalized spacial score (nSPS) is 10.2. The summed E-state index contributed by atoms with van der Waals surface area (Å²) in [6.45, 7) is 0. The molecule has 2 aromatic rings. The van der Waals surface area contributed by atoms with Crippen LogP contribution in [-0.2, 0) is 7.05 Å². The lowest BCUT2D eigenvalue weighted by molar-refractivity contribution is -0.384. The Balaban J connectivity index is 2.26. The molecule has 0 fully saturated rings. The zero-order chi connectivity index (χ0) is 14.0. The van der Waals surface area contributed by atoms with Crippen LogP contribution < -0.4 is 5.32 Å². The van der Waals surface area contributed by atoms with Crippen molar-refractivity contribution in [3.8, 4) is 0 Å². The summed E-state index contributed by atoms with van der Waals surface area (Å²) in [6, 6.07) is 5.84. The van der Waals surface area contributed by atoms with Crippen molar-refractivity contribution in [3.05, 3.63) is 46.1 Å². The topological polar surface area (TPSA) is 110 Å². The van der Waals surface area contributed by atoms with E-state index < -0.39 is 10.9 Å². The van der Waals surface area contributed by atoms with E-state index in [9.17, 15) is 14.9 Å². The Kier molecular flexibility index (Phi) is 3.15. The Hall–Kier alpha value is -2.90. The minimum atomic E-state index is -1.03. The molecule has 0 spiro atoms. The fraction of sp³-hybridized carbons (Fsp3) is 0.0909. The average Bonchev–Trinajstić information content (AvgIpc) is 2.71. The van der Waals surface area contributed by atoms with Crippen molar-refractivity contribution in [1.82, 2.24) is 9.78 Å². The maximum atomic E-state index is 10.8. The van der Waals surface area contributed by atoms with E-state index in [1.165, 1.54) is 35.1 Å². The van der Waals surface area contributed by atoms with Gasteiger partial charge in [0, 0.05) is 12.7 Å². The molecule has 0 atom stereocenters. The third-order valence-corrected chi connectivity index (χ3v) is 2.40. The van der Waals surface area contributed by atoms with Gasteiger partial charge in [-0.1, -0.05) is 0 Å². The number of aromatic carboxylic acids is 1. The molecule has 0 amide bonds. The van der Waals surface area contributed by atoms with Gasteiger partial charge in [-0.3, -0.25) is 14.8 Å². The van der Waals surface area contributed by atoms with Crippen molar-refractivity contribution in [1.29, 1.82) is 0 Å². The van der Waals surface area contributed by atoms with Crippen LogP contribution in [0.15, 0.2) is 30.5 Å². The fourth-order valence-corrected chi connectivity index (χ4v) is 1.53. The number of hydrogen-bond acceptors (Lipinski definition) is 5. The number of anilines is 2. The van der Waals surface area contributed by atoms with Crippen LogP contribution in [0.5, 0.6) is 0 Å². The molecular weight excluding hydrogens is 252 g/mol. The lowest BCUT2D eigenvalue weighted by Gasteiger charge is -2.02. The van der Waals surface area contributed by atoms with Crippen molar-refractivity contribution < 1.29 is 14.8 Å². The van der Waals surface area contributed by atoms with Gasteiger partial charge in [0.05, 0.1) is 10.5 Å². The van der Waals surface area contributed by atoms with Crippen molar-refractivity contribution >= 4 is 23.2 Å². The summed E-state index contributed by atoms with van der Waals surface area (Å²) in [4.78, 5) is 21.0. The van der Waals surface area contributed by atoms with Crippen molar-refractivity contribution in [2.45, 2.75) is 0 Å². The SMILES string of the molecule is Cn1cc([N+](=O)[O-])c(Nc2ccc(C(=O)O)cc2)n1. The van der Waals surface area contributed by atoms with Gasteiger partial charge in [-0.25, -0.2) is 4.79 Å². The van der Waals surface area contributed by atoms with Gasteiger partial charge in [0.25, 0.3) is 0 Å². The number of aromatic nitrogens is 2. The summed E-state index contributed by atoms with van der Waals surface area (Å²) < 4.78 is 1.33. The maximum absolute atomic E-state index is 10.8. The highest BCUT2D eigenvalue weighted by molar-refractivity contribution is 5.88. The van der Waals surface area contributed by atoms with Crippen molar-refractivity contribution in [2.24, 2.45) is 7.05 Å². The van der Waals surface area contributed by atoms with E-state index in [-0.39, 0.29) is 17.1 Å². The summed E-state index contributed by atoms with van der Waals surface area (Å²) in [5.41, 5.74) is 0.512. The number of rotatable bonds is 4. The number of nitrogens with zero attached hydrogens (tertiary/aromatic N) is 3. The Morgan fingerprint density at radius 2 is 2.05 bits per heavy atom. The predicted octanol–water partition coefficient (Wildman–Crippen LogP) is 1.77. The number of carboxylic acid groups (broad SMARTS) is 1. The van der Waals surface area contributed by atoms with Crippen LogP contribution in [0.1, 0.15) is 10.4 Å². The van der Waals surface area contributed by atoms with Crippen LogP contribution in [0.25, 0.3) is 0 Å². The first-order chi connectivity index (χ1) is 8.97. The number of carboxylic acids is 1. The summed E-state index contributed by atoms with van der Waals surface area (Å²) >= 11 is 0. The molecule has 2 rings (SSSR count). The Morgan fingerprint density at radius 1 is 1.42 bits per heavy atom. The van der Waals surface area contributed by atoms with E-state index in [1.54, 1.807) is 7.05 Å². The number of benzene rings is 1. The minimum absolute atomic E-state index is 0.107. The van der Waals surface area contributed by atoms with E-state index in [0.29, 0.717) is 5.69 Å². The number of nitro groups is 1. The quantitative estimate of drug-likeness (QED) is 0.641. The Labute approximate surface area is 107 Å². The molecule has 0 saturated carbocycles. The number of aryl methyl sites for hydroxylation is 1. The van der Waals surface area contributed by atoms with E-state index in [2.05, 4.69) is 10.4 Å². The molecule has 0 aliphatic carbocycles. The zero-order valence-corrected chi connectivity index (χ0v) is 9.90. The van der Waals surface area contributed by atoms with Crippen LogP contribution in [-0.4, -0.2) is 25.8 Å². The zero-order valence-electron chi connectivity index (χ0n) is 9.90. The number of hydrogen-bond donors (Lipinski definition) is 2. The van der Waals surface area contributed by atoms with Crippen LogP contribution >= 0.6 is 0 Å². The first kappa shape index (κ1) is 12.6. The molecule has 98 valence electrons. The second-order valence-electron chi connectivity index (χ2n) is 3.80. The van der Waals surface area contributed by atoms with Gasteiger partial charge < -0.3 is 10.4 Å². The minimum Gasteiger partial charge on any atom is -0.478 e. The molecule has 0 radical (unpaired) electrons. The lowest BCUT2D eigenvalue weighted by atomic mass is 10.2. The van der Waals surface area contributed by atoms with Gasteiger partial charge in [-0.15, -0.1) is 5.10 Å². The molecular formula is C11H10N4O4. The second kappa shape index (κ2) is 4.77. The van der Waals surface area contributed by atoms with E-state index in [4.69, 9.17) is 5.11 Å². The number of carbonyl (C=O) groups is 1. The lowest BCUT2D eigenvalue weighted by Crippen LogP contribution is -1.98. The van der Waals surface area contributed by atoms with Crippen LogP contribution in [0.4, 0.5) is 17.2 Å². The van der Waals surface area contributed by atoms with Gasteiger partial charge in [0.1, 0.15) is 6.20 Å². The molecule has 8 nitrogen and oxygen atoms in total. The highest BCUT2D eigenvalue weighted by atomic mass is 16.6. The number of nitrogens with one attached hydrogen (secondary N) is 1. The van der Waals surface area contributed by atoms with Crippen LogP contribution in [0.3, 0.4) is 0 Å². The van der Waals surface area contributed by atoms with Crippen LogP contribution in [0.2, 0.25) is 0 Å².